The zero-order valence-corrected chi connectivity index (χ0v) is 83.0. The summed E-state index contributed by atoms with van der Waals surface area (Å²) in [4.78, 5) is 81.7. The standard InChI is InChI=1S/C34H65N3O13.C30H46O16.C29H41F3O14/c1-8-37(17-13-14-18-38)32(44)30-28(47-21(2)3)24(40)25(41)33(49-30)46-20-19-45-27-23(39)26(42)34(48-22(4)5)50-29(27)31(43)36(7)16-12-10-9-11-15-35-6;1-15(2)43-24-20(32)21(33)29(45-26(24)28(36)42-14-18-8-6-10-38-18)40-12-11-39-23-19(31)22(34)30(44-16(3)4)46-25(23)27(35)41-13-17-7-5-9-37-17;1-14(2)43-22-18(34)19(35)27(45-24(22)26(38)42-13-29(30,31)32)40-11-10-39-21-17(33)20(36)28(44-15(3)4)46-23(21)25(37)41-12-16-8-6-5-7-9-16/h21-30,33-35,38-42H,8-20H2,1-7H3;6,8,10,15-17,19-26,29-34H,5,7,9,11-14H2,1-4H3;5-9,14-15,17-24,27-28,33-36H,10-13H2,1-4H3/t23-,24-,25+,26+,27+,28+,29?,30?,33-,34-;17?,19-,20-,21+,22+,23+,24+,25?,26?,29-,30-;17-,18-,19+,20+,21+,22+,23?,24?,27-,28-/m111/s1. The number of carbonyl (C=O) groups excluding carboxylic acids is 6. The second-order valence-corrected chi connectivity index (χ2v) is 36.5. The normalized spacial score (nSPS) is 32.4. The van der Waals surface area contributed by atoms with E-state index in [0.717, 1.165) is 45.1 Å². The highest BCUT2D eigenvalue weighted by Gasteiger charge is 2.57. The number of aliphatic hydroxyl groups excluding tert-OH is 13. The van der Waals surface area contributed by atoms with Gasteiger partial charge in [0.2, 0.25) is 0 Å². The molecular weight excluding hydrogens is 1900 g/mol. The summed E-state index contributed by atoms with van der Waals surface area (Å²) in [6.07, 6.45) is -45.4. The predicted octanol–water partition coefficient (Wildman–Crippen LogP) is -0.733. The van der Waals surface area contributed by atoms with Gasteiger partial charge in [0, 0.05) is 39.9 Å². The first-order chi connectivity index (χ1) is 67.3. The molecule has 0 bridgehead atoms. The van der Waals surface area contributed by atoms with Gasteiger partial charge in [-0.1, -0.05) is 43.2 Å². The molecule has 7 aliphatic heterocycles. The largest absolute Gasteiger partial charge is 0.466 e. The van der Waals surface area contributed by atoms with E-state index >= 15 is 0 Å². The molecule has 142 heavy (non-hydrogen) atoms. The van der Waals surface area contributed by atoms with Gasteiger partial charge in [-0.3, -0.25) is 9.59 Å². The molecule has 1 aromatic carbocycles. The molecule has 0 aliphatic carbocycles. The van der Waals surface area contributed by atoms with Crippen LogP contribution in [-0.4, -0.2) is 451 Å². The van der Waals surface area contributed by atoms with E-state index < -0.39 is 270 Å². The average molecular weight is 2060 g/mol. The third-order valence-electron chi connectivity index (χ3n) is 22.8. The van der Waals surface area contributed by atoms with E-state index in [2.05, 4.69) is 10.1 Å². The lowest BCUT2D eigenvalue weighted by Crippen LogP contribution is -2.64. The molecule has 7 aliphatic rings. The van der Waals surface area contributed by atoms with Crippen molar-refractivity contribution in [3.05, 3.63) is 60.1 Å². The number of rotatable bonds is 52. The lowest BCUT2D eigenvalue weighted by Gasteiger charge is -2.44. The minimum absolute atomic E-state index is 0.00796. The number of amides is 2. The summed E-state index contributed by atoms with van der Waals surface area (Å²) >= 11 is 0. The molecule has 0 saturated carbocycles. The molecule has 2 aromatic rings. The molecule has 8 heterocycles. The zero-order chi connectivity index (χ0) is 105. The number of hydrogen-bond donors (Lipinski definition) is 14. The van der Waals surface area contributed by atoms with E-state index in [4.69, 9.17) is 114 Å². The Bertz CT molecular complexity index is 3890. The number of alkyl halides is 3. The van der Waals surface area contributed by atoms with Crippen molar-refractivity contribution in [3.63, 3.8) is 0 Å². The van der Waals surface area contributed by atoms with Crippen LogP contribution >= 0.6 is 0 Å². The van der Waals surface area contributed by atoms with Gasteiger partial charge in [0.25, 0.3) is 11.8 Å². The van der Waals surface area contributed by atoms with Crippen LogP contribution in [0.4, 0.5) is 13.2 Å². The number of ether oxygens (including phenoxy) is 23. The molecule has 9 rings (SSSR count). The minimum Gasteiger partial charge on any atom is -0.466 e. The highest BCUT2D eigenvalue weighted by atomic mass is 19.4. The Hall–Kier alpha value is -6.21. The number of likely N-dealkylation sites (N-methyl/N-ethyl adjacent to an activating group) is 2. The lowest BCUT2D eigenvalue weighted by atomic mass is 9.97. The first-order valence-corrected chi connectivity index (χ1v) is 48.3. The van der Waals surface area contributed by atoms with E-state index in [-0.39, 0.29) is 71.2 Å². The Kier molecular flexibility index (Phi) is 53.3. The number of nitrogens with zero attached hydrogens (tertiary/aromatic N) is 2. The summed E-state index contributed by atoms with van der Waals surface area (Å²) in [5.41, 5.74) is 0.669. The number of furan rings is 1. The van der Waals surface area contributed by atoms with Crippen LogP contribution in [0.25, 0.3) is 0 Å². The molecule has 49 heteroatoms. The van der Waals surface area contributed by atoms with Crippen LogP contribution in [0.15, 0.2) is 53.1 Å². The second kappa shape index (κ2) is 61.7. The van der Waals surface area contributed by atoms with E-state index in [1.807, 2.05) is 7.05 Å². The van der Waals surface area contributed by atoms with Crippen molar-refractivity contribution in [2.45, 2.75) is 388 Å². The molecule has 7 fully saturated rings. The van der Waals surface area contributed by atoms with Crippen molar-refractivity contribution < 1.29 is 222 Å². The maximum Gasteiger partial charge on any atom is 0.422 e. The number of halogens is 3. The van der Waals surface area contributed by atoms with Crippen LogP contribution in [-0.2, 0) is 151 Å². The molecule has 31 atom stereocenters. The molecule has 1 aromatic heterocycles. The smallest absolute Gasteiger partial charge is 0.422 e. The Morgan fingerprint density at radius 3 is 1.19 bits per heavy atom. The van der Waals surface area contributed by atoms with E-state index in [1.165, 1.54) is 29.9 Å². The number of esters is 4. The quantitative estimate of drug-likeness (QED) is 0.0220. The summed E-state index contributed by atoms with van der Waals surface area (Å²) in [6.45, 7) is 20.3. The molecule has 7 saturated heterocycles. The van der Waals surface area contributed by atoms with Crippen molar-refractivity contribution in [1.82, 2.24) is 15.1 Å². The Labute approximate surface area is 823 Å². The SMILES string of the molecule is CC(C)O[C@@H]1OC(C(=O)OCC2CCCO2)[C@@H](OCCO[C@@H]2OC(C(=O)OCc3ccco3)[C@@H](OC(C)C)[C@H](O)[C@@H]2O)[C@H](O)[C@@H]1O.CC(C)O[C@@H]1OC(C(=O)OCc2ccccc2)[C@@H](OCCO[C@@H]2OC(C(=O)OCC(F)(F)F)[C@@H](OC(C)C)[C@H](O)[C@@H]2O)[C@H](O)[C@@H]1O.CCN(CCCCO)C(=O)C1O[C@@H](OCCO[C@@H]2C(C(=O)N(C)CCCCCCNC)O[C@@H](OC(C)C)[C@@H](O)[C@H]2O)[C@@H](O)[C@@H](O)[C@@H]1OC(C)C. The fraction of sp³-hybridized carbons (Fsp3) is 0.828. The summed E-state index contributed by atoms with van der Waals surface area (Å²) in [6, 6.07) is 12.0. The number of carbonyl (C=O) groups is 6. The van der Waals surface area contributed by atoms with Gasteiger partial charge in [-0.25, -0.2) is 19.2 Å². The van der Waals surface area contributed by atoms with E-state index in [1.54, 1.807) is 126 Å². The fourth-order valence-electron chi connectivity index (χ4n) is 15.8. The number of aliphatic hydroxyl groups is 13. The topological polar surface area (TPSA) is 609 Å². The van der Waals surface area contributed by atoms with Gasteiger partial charge in [0.15, 0.2) is 81.0 Å². The highest BCUT2D eigenvalue weighted by Crippen LogP contribution is 2.36. The van der Waals surface area contributed by atoms with Crippen molar-refractivity contribution in [2.24, 2.45) is 0 Å². The third-order valence-corrected chi connectivity index (χ3v) is 22.8. The van der Waals surface area contributed by atoms with E-state index in [0.29, 0.717) is 50.4 Å². The summed E-state index contributed by atoms with van der Waals surface area (Å²) < 4.78 is 171. The van der Waals surface area contributed by atoms with Crippen molar-refractivity contribution >= 4 is 35.7 Å². The van der Waals surface area contributed by atoms with Crippen LogP contribution in [0, 0.1) is 0 Å². The Morgan fingerprint density at radius 2 is 0.782 bits per heavy atom. The number of hydrogen-bond acceptors (Lipinski definition) is 44. The zero-order valence-electron chi connectivity index (χ0n) is 83.0. The monoisotopic (exact) mass is 2060 g/mol. The Morgan fingerprint density at radius 1 is 0.415 bits per heavy atom. The molecule has 818 valence electrons. The lowest BCUT2D eigenvalue weighted by molar-refractivity contribution is -0.317. The summed E-state index contributed by atoms with van der Waals surface area (Å²) in [5, 5.41) is 142. The van der Waals surface area contributed by atoms with Gasteiger partial charge >= 0.3 is 30.1 Å². The maximum atomic E-state index is 13.6. The van der Waals surface area contributed by atoms with Gasteiger partial charge in [0.05, 0.1) is 88.6 Å². The number of unbranched alkanes of at least 4 members (excludes halogenated alkanes) is 4. The van der Waals surface area contributed by atoms with Crippen LogP contribution in [0.5, 0.6) is 0 Å². The minimum atomic E-state index is -4.84. The van der Waals surface area contributed by atoms with Crippen LogP contribution in [0.1, 0.15) is 153 Å². The maximum absolute atomic E-state index is 13.6. The fourth-order valence-corrected chi connectivity index (χ4v) is 15.8. The average Bonchev–Trinajstić information content (AvgIpc) is 0.943. The molecule has 2 amide bonds. The summed E-state index contributed by atoms with van der Waals surface area (Å²) in [7, 11) is 3.55. The summed E-state index contributed by atoms with van der Waals surface area (Å²) in [5.74, 6) is -4.67. The third kappa shape index (κ3) is 38.1. The number of benzene rings is 1. The molecular formula is C93H152F3N3O43. The predicted molar refractivity (Wildman–Crippen MR) is 480 cm³/mol. The second-order valence-electron chi connectivity index (χ2n) is 36.5. The Balaban J connectivity index is 0.000000289. The first-order valence-electron chi connectivity index (χ1n) is 48.3. The molecule has 0 spiro atoms. The van der Waals surface area contributed by atoms with Crippen molar-refractivity contribution in [3.8, 4) is 0 Å². The van der Waals surface area contributed by atoms with Crippen LogP contribution < -0.4 is 5.32 Å². The van der Waals surface area contributed by atoms with Crippen LogP contribution in [0.3, 0.4) is 0 Å². The van der Waals surface area contributed by atoms with Gasteiger partial charge in [0.1, 0.15) is 135 Å². The van der Waals surface area contributed by atoms with Gasteiger partial charge in [-0.15, -0.1) is 0 Å². The molecule has 14 N–H and O–H groups in total. The van der Waals surface area contributed by atoms with Crippen LogP contribution in [0.2, 0.25) is 0 Å². The molecule has 46 nitrogen and oxygen atoms in total. The molecule has 7 unspecified atom stereocenters. The highest BCUT2D eigenvalue weighted by molar-refractivity contribution is 5.82. The van der Waals surface area contributed by atoms with Gasteiger partial charge in [-0.05, 0) is 160 Å². The van der Waals surface area contributed by atoms with E-state index in [9.17, 15) is 103 Å². The first kappa shape index (κ1) is 123. The number of nitrogens with one attached hydrogen (secondary N) is 1. The molecule has 0 radical (unpaired) electrons. The van der Waals surface area contributed by atoms with Gasteiger partial charge in [-0.2, -0.15) is 13.2 Å². The van der Waals surface area contributed by atoms with Gasteiger partial charge < -0.3 is 195 Å². The van der Waals surface area contributed by atoms with Crippen molar-refractivity contribution in [1.29, 1.82) is 0 Å². The van der Waals surface area contributed by atoms with Crippen molar-refractivity contribution in [2.75, 3.05) is 106 Å².